The van der Waals surface area contributed by atoms with E-state index < -0.39 is 0 Å². The van der Waals surface area contributed by atoms with Gasteiger partial charge in [0.15, 0.2) is 0 Å². The van der Waals surface area contributed by atoms with E-state index in [2.05, 4.69) is 46.8 Å². The second-order valence-corrected chi connectivity index (χ2v) is 5.12. The van der Waals surface area contributed by atoms with Gasteiger partial charge in [0.05, 0.1) is 0 Å². The van der Waals surface area contributed by atoms with Crippen LogP contribution in [0.5, 0.6) is 0 Å². The van der Waals surface area contributed by atoms with Gasteiger partial charge in [0.25, 0.3) is 0 Å². The van der Waals surface area contributed by atoms with E-state index in [-0.39, 0.29) is 5.91 Å². The number of amides is 1. The van der Waals surface area contributed by atoms with Crippen LogP contribution in [-0.4, -0.2) is 38.6 Å². The van der Waals surface area contributed by atoms with Crippen molar-refractivity contribution in [2.24, 2.45) is 0 Å². The normalized spacial score (nSPS) is 18.4. The minimum absolute atomic E-state index is 0.190. The Kier molecular flexibility index (Phi) is 5.21. The average molecular weight is 261 g/mol. The van der Waals surface area contributed by atoms with Gasteiger partial charge in [0, 0.05) is 38.3 Å². The van der Waals surface area contributed by atoms with E-state index in [1.807, 2.05) is 6.07 Å². The van der Waals surface area contributed by atoms with E-state index in [1.54, 1.807) is 0 Å². The van der Waals surface area contributed by atoms with Crippen LogP contribution in [0, 0.1) is 0 Å². The molecule has 1 aromatic carbocycles. The number of rotatable bonds is 7. The van der Waals surface area contributed by atoms with Crippen LogP contribution in [0.1, 0.15) is 19.3 Å². The number of hydrogen-bond acceptors (Lipinski definition) is 3. The van der Waals surface area contributed by atoms with Crippen LogP contribution in [-0.2, 0) is 4.79 Å². The summed E-state index contributed by atoms with van der Waals surface area (Å²) >= 11 is 0. The SMILES string of the molecule is CN(CCCNCC1CCC(=O)N1)c1ccccc1. The van der Waals surface area contributed by atoms with Crippen molar-refractivity contribution in [1.29, 1.82) is 0 Å². The van der Waals surface area contributed by atoms with E-state index in [9.17, 15) is 4.79 Å². The third-order valence-corrected chi connectivity index (χ3v) is 3.52. The number of hydrogen-bond donors (Lipinski definition) is 2. The number of nitrogens with one attached hydrogen (secondary N) is 2. The molecule has 0 radical (unpaired) electrons. The summed E-state index contributed by atoms with van der Waals surface area (Å²) in [5, 5.41) is 6.38. The van der Waals surface area contributed by atoms with E-state index in [1.165, 1.54) is 5.69 Å². The third kappa shape index (κ3) is 4.56. The highest BCUT2D eigenvalue weighted by molar-refractivity contribution is 5.78. The maximum Gasteiger partial charge on any atom is 0.220 e. The van der Waals surface area contributed by atoms with Crippen LogP contribution in [0.2, 0.25) is 0 Å². The van der Waals surface area contributed by atoms with Gasteiger partial charge in [0.1, 0.15) is 0 Å². The summed E-state index contributed by atoms with van der Waals surface area (Å²) in [6.45, 7) is 2.92. The van der Waals surface area contributed by atoms with E-state index in [0.717, 1.165) is 32.5 Å². The molecule has 1 unspecified atom stereocenters. The molecule has 1 atom stereocenters. The first kappa shape index (κ1) is 13.9. The minimum Gasteiger partial charge on any atom is -0.375 e. The van der Waals surface area contributed by atoms with E-state index in [0.29, 0.717) is 12.5 Å². The molecule has 1 fully saturated rings. The molecular formula is C15H23N3O. The third-order valence-electron chi connectivity index (χ3n) is 3.52. The molecule has 2 N–H and O–H groups in total. The van der Waals surface area contributed by atoms with Gasteiger partial charge in [0.2, 0.25) is 5.91 Å². The van der Waals surface area contributed by atoms with Gasteiger partial charge >= 0.3 is 0 Å². The van der Waals surface area contributed by atoms with Crippen molar-refractivity contribution in [2.75, 3.05) is 31.6 Å². The van der Waals surface area contributed by atoms with Gasteiger partial charge in [-0.1, -0.05) is 18.2 Å². The Hall–Kier alpha value is -1.55. The molecule has 0 aromatic heterocycles. The predicted octanol–water partition coefficient (Wildman–Crippen LogP) is 1.38. The second kappa shape index (κ2) is 7.14. The molecule has 2 rings (SSSR count). The molecule has 0 bridgehead atoms. The Balaban J connectivity index is 1.56. The van der Waals surface area contributed by atoms with Crippen molar-refractivity contribution >= 4 is 11.6 Å². The summed E-state index contributed by atoms with van der Waals surface area (Å²) in [6, 6.07) is 10.7. The molecule has 104 valence electrons. The van der Waals surface area contributed by atoms with E-state index >= 15 is 0 Å². The molecule has 0 aliphatic carbocycles. The molecule has 1 saturated heterocycles. The number of carbonyl (C=O) groups is 1. The summed E-state index contributed by atoms with van der Waals surface area (Å²) in [5.41, 5.74) is 1.26. The number of anilines is 1. The van der Waals surface area contributed by atoms with Crippen molar-refractivity contribution < 1.29 is 4.79 Å². The number of benzene rings is 1. The summed E-state index contributed by atoms with van der Waals surface area (Å²) in [4.78, 5) is 13.3. The summed E-state index contributed by atoms with van der Waals surface area (Å²) in [6.07, 6.45) is 2.75. The molecule has 4 nitrogen and oxygen atoms in total. The maximum absolute atomic E-state index is 11.0. The lowest BCUT2D eigenvalue weighted by Gasteiger charge is -2.19. The largest absolute Gasteiger partial charge is 0.375 e. The van der Waals surface area contributed by atoms with Crippen molar-refractivity contribution in [2.45, 2.75) is 25.3 Å². The zero-order valence-corrected chi connectivity index (χ0v) is 11.6. The molecule has 0 spiro atoms. The highest BCUT2D eigenvalue weighted by atomic mass is 16.1. The number of carbonyl (C=O) groups excluding carboxylic acids is 1. The first-order valence-corrected chi connectivity index (χ1v) is 7.02. The van der Waals surface area contributed by atoms with Crippen molar-refractivity contribution in [3.8, 4) is 0 Å². The zero-order valence-electron chi connectivity index (χ0n) is 11.6. The molecule has 4 heteroatoms. The average Bonchev–Trinajstić information content (AvgIpc) is 2.85. The Morgan fingerprint density at radius 3 is 2.84 bits per heavy atom. The maximum atomic E-state index is 11.0. The Morgan fingerprint density at radius 2 is 2.16 bits per heavy atom. The van der Waals surface area contributed by atoms with Crippen LogP contribution >= 0.6 is 0 Å². The molecule has 19 heavy (non-hydrogen) atoms. The predicted molar refractivity (Wildman–Crippen MR) is 78.4 cm³/mol. The Bertz CT molecular complexity index is 394. The monoisotopic (exact) mass is 261 g/mol. The molecule has 1 aromatic rings. The fraction of sp³-hybridized carbons (Fsp3) is 0.533. The minimum atomic E-state index is 0.190. The fourth-order valence-corrected chi connectivity index (χ4v) is 2.36. The van der Waals surface area contributed by atoms with Crippen LogP contribution in [0.25, 0.3) is 0 Å². The molecule has 1 aliphatic rings. The lowest BCUT2D eigenvalue weighted by atomic mass is 10.2. The molecule has 1 aliphatic heterocycles. The Morgan fingerprint density at radius 1 is 1.37 bits per heavy atom. The second-order valence-electron chi connectivity index (χ2n) is 5.12. The topological polar surface area (TPSA) is 44.4 Å². The standard InChI is InChI=1S/C15H23N3O/c1-18(14-6-3-2-4-7-14)11-5-10-16-12-13-8-9-15(19)17-13/h2-4,6-7,13,16H,5,8-12H2,1H3,(H,17,19). The molecule has 1 amide bonds. The smallest absolute Gasteiger partial charge is 0.220 e. The van der Waals surface area contributed by atoms with E-state index in [4.69, 9.17) is 0 Å². The highest BCUT2D eigenvalue weighted by Gasteiger charge is 2.19. The zero-order chi connectivity index (χ0) is 13.5. The van der Waals surface area contributed by atoms with Crippen LogP contribution in [0.15, 0.2) is 30.3 Å². The summed E-state index contributed by atoms with van der Waals surface area (Å²) in [7, 11) is 2.12. The van der Waals surface area contributed by atoms with Gasteiger partial charge in [-0.05, 0) is 31.5 Å². The van der Waals surface area contributed by atoms with Crippen molar-refractivity contribution in [3.05, 3.63) is 30.3 Å². The quantitative estimate of drug-likeness (QED) is 0.729. The molecule has 1 heterocycles. The fourth-order valence-electron chi connectivity index (χ4n) is 2.36. The number of para-hydroxylation sites is 1. The lowest BCUT2D eigenvalue weighted by Crippen LogP contribution is -2.36. The van der Waals surface area contributed by atoms with Gasteiger partial charge in [-0.15, -0.1) is 0 Å². The summed E-state index contributed by atoms with van der Waals surface area (Å²) in [5.74, 6) is 0.190. The Labute approximate surface area is 115 Å². The first-order chi connectivity index (χ1) is 9.25. The van der Waals surface area contributed by atoms with Crippen LogP contribution in [0.4, 0.5) is 5.69 Å². The lowest BCUT2D eigenvalue weighted by molar-refractivity contribution is -0.119. The van der Waals surface area contributed by atoms with Gasteiger partial charge in [-0.25, -0.2) is 0 Å². The van der Waals surface area contributed by atoms with Crippen molar-refractivity contribution in [1.82, 2.24) is 10.6 Å². The number of nitrogens with zero attached hydrogens (tertiary/aromatic N) is 1. The van der Waals surface area contributed by atoms with Gasteiger partial charge < -0.3 is 15.5 Å². The molecule has 0 saturated carbocycles. The van der Waals surface area contributed by atoms with Gasteiger partial charge in [-0.3, -0.25) is 4.79 Å². The van der Waals surface area contributed by atoms with Gasteiger partial charge in [-0.2, -0.15) is 0 Å². The molecular weight excluding hydrogens is 238 g/mol. The van der Waals surface area contributed by atoms with Crippen molar-refractivity contribution in [3.63, 3.8) is 0 Å². The van der Waals surface area contributed by atoms with Crippen LogP contribution < -0.4 is 15.5 Å². The highest BCUT2D eigenvalue weighted by Crippen LogP contribution is 2.10. The first-order valence-electron chi connectivity index (χ1n) is 7.02. The van der Waals surface area contributed by atoms with Crippen LogP contribution in [0.3, 0.4) is 0 Å². The summed E-state index contributed by atoms with van der Waals surface area (Å²) < 4.78 is 0.